The maximum absolute atomic E-state index is 13.0. The molecule has 154 valence electrons. The zero-order valence-corrected chi connectivity index (χ0v) is 18.8. The molecular formula is C26H28N2OS. The monoisotopic (exact) mass is 416 g/mol. The van der Waals surface area contributed by atoms with Crippen molar-refractivity contribution in [2.75, 3.05) is 0 Å². The number of carbonyl (C=O) groups excluding carboxylic acids is 1. The van der Waals surface area contributed by atoms with Crippen LogP contribution in [0.5, 0.6) is 0 Å². The maximum atomic E-state index is 13.0. The highest BCUT2D eigenvalue weighted by Crippen LogP contribution is 2.27. The molecule has 2 aromatic heterocycles. The van der Waals surface area contributed by atoms with E-state index in [1.807, 2.05) is 18.2 Å². The number of fused-ring (bicyclic) bond motifs is 1. The smallest absolute Gasteiger partial charge is 0.268 e. The Hall–Kier alpha value is -2.85. The maximum Gasteiger partial charge on any atom is 0.268 e. The molecule has 0 aliphatic rings. The molecule has 0 radical (unpaired) electrons. The number of rotatable bonds is 5. The third-order valence-corrected chi connectivity index (χ3v) is 6.30. The molecule has 0 saturated heterocycles. The summed E-state index contributed by atoms with van der Waals surface area (Å²) in [4.78, 5) is 13.0. The van der Waals surface area contributed by atoms with Crippen LogP contribution in [0.15, 0.2) is 66.0 Å². The number of carbonyl (C=O) groups is 1. The van der Waals surface area contributed by atoms with E-state index in [9.17, 15) is 4.79 Å². The molecular weight excluding hydrogens is 388 g/mol. The zero-order valence-electron chi connectivity index (χ0n) is 18.0. The molecule has 0 atom stereocenters. The minimum absolute atomic E-state index is 0.0359. The molecule has 4 rings (SSSR count). The molecule has 30 heavy (non-hydrogen) atoms. The third-order valence-electron chi connectivity index (χ3n) is 5.45. The average molecular weight is 417 g/mol. The van der Waals surface area contributed by atoms with E-state index < -0.39 is 0 Å². The van der Waals surface area contributed by atoms with Crippen LogP contribution in [-0.2, 0) is 18.5 Å². The fourth-order valence-electron chi connectivity index (χ4n) is 3.72. The number of hydrogen-bond donors (Lipinski definition) is 1. The number of nitrogens with zero attached hydrogens (tertiary/aromatic N) is 1. The minimum Gasteiger partial charge on any atom is -0.347 e. The van der Waals surface area contributed by atoms with Gasteiger partial charge in [0.2, 0.25) is 0 Å². The molecule has 2 heterocycles. The number of amides is 1. The second-order valence-corrected chi connectivity index (χ2v) is 9.85. The lowest BCUT2D eigenvalue weighted by Crippen LogP contribution is -2.25. The summed E-state index contributed by atoms with van der Waals surface area (Å²) in [7, 11) is 0. The SMILES string of the molecule is Cc1cccc(CNC(=O)c2cc3sccc3n2Cc2ccc(C(C)(C)C)cc2)c1. The highest BCUT2D eigenvalue weighted by atomic mass is 32.1. The molecule has 1 N–H and O–H groups in total. The van der Waals surface area contributed by atoms with Crippen LogP contribution >= 0.6 is 11.3 Å². The first-order chi connectivity index (χ1) is 14.3. The van der Waals surface area contributed by atoms with Crippen LogP contribution in [0.3, 0.4) is 0 Å². The van der Waals surface area contributed by atoms with Gasteiger partial charge in [-0.2, -0.15) is 0 Å². The number of benzene rings is 2. The van der Waals surface area contributed by atoms with Crippen LogP contribution in [0.2, 0.25) is 0 Å². The van der Waals surface area contributed by atoms with Crippen LogP contribution in [0.25, 0.3) is 10.2 Å². The van der Waals surface area contributed by atoms with E-state index in [0.29, 0.717) is 18.8 Å². The predicted octanol–water partition coefficient (Wildman–Crippen LogP) is 6.29. The lowest BCUT2D eigenvalue weighted by atomic mass is 9.87. The Kier molecular flexibility index (Phi) is 5.52. The summed E-state index contributed by atoms with van der Waals surface area (Å²) in [6.07, 6.45) is 0. The Morgan fingerprint density at radius 3 is 2.47 bits per heavy atom. The Morgan fingerprint density at radius 2 is 1.77 bits per heavy atom. The van der Waals surface area contributed by atoms with Crippen LogP contribution in [0, 0.1) is 6.92 Å². The van der Waals surface area contributed by atoms with Gasteiger partial charge in [0.05, 0.1) is 10.2 Å². The van der Waals surface area contributed by atoms with Gasteiger partial charge in [-0.05, 0) is 46.5 Å². The summed E-state index contributed by atoms with van der Waals surface area (Å²) in [6.45, 7) is 9.94. The highest BCUT2D eigenvalue weighted by Gasteiger charge is 2.17. The summed E-state index contributed by atoms with van der Waals surface area (Å²) in [5, 5.41) is 5.17. The van der Waals surface area contributed by atoms with Gasteiger partial charge in [0.1, 0.15) is 5.69 Å². The van der Waals surface area contributed by atoms with E-state index in [0.717, 1.165) is 15.8 Å². The zero-order chi connectivity index (χ0) is 21.3. The lowest BCUT2D eigenvalue weighted by molar-refractivity contribution is 0.0942. The van der Waals surface area contributed by atoms with Crippen LogP contribution in [0.1, 0.15) is 53.5 Å². The van der Waals surface area contributed by atoms with Gasteiger partial charge in [-0.25, -0.2) is 0 Å². The molecule has 0 aliphatic heterocycles. The molecule has 2 aromatic carbocycles. The molecule has 0 aliphatic carbocycles. The van der Waals surface area contributed by atoms with Crippen LogP contribution in [0.4, 0.5) is 0 Å². The summed E-state index contributed by atoms with van der Waals surface area (Å²) < 4.78 is 3.27. The Bertz CT molecular complexity index is 1180. The second-order valence-electron chi connectivity index (χ2n) is 8.90. The topological polar surface area (TPSA) is 34.0 Å². The van der Waals surface area contributed by atoms with E-state index in [-0.39, 0.29) is 11.3 Å². The Labute approximate surface area is 182 Å². The Balaban J connectivity index is 1.58. The van der Waals surface area contributed by atoms with Crippen molar-refractivity contribution in [2.45, 2.75) is 46.2 Å². The van der Waals surface area contributed by atoms with Crippen molar-refractivity contribution in [1.82, 2.24) is 9.88 Å². The number of aryl methyl sites for hydroxylation is 1. The van der Waals surface area contributed by atoms with Gasteiger partial charge in [0.15, 0.2) is 0 Å². The number of hydrogen-bond acceptors (Lipinski definition) is 2. The average Bonchev–Trinajstić information content (AvgIpc) is 3.29. The number of thiophene rings is 1. The second kappa shape index (κ2) is 8.11. The van der Waals surface area contributed by atoms with Crippen molar-refractivity contribution < 1.29 is 4.79 Å². The first kappa shape index (κ1) is 20.4. The van der Waals surface area contributed by atoms with Gasteiger partial charge in [-0.15, -0.1) is 11.3 Å². The first-order valence-electron chi connectivity index (χ1n) is 10.3. The van der Waals surface area contributed by atoms with Crippen LogP contribution < -0.4 is 5.32 Å². The van der Waals surface area contributed by atoms with Gasteiger partial charge >= 0.3 is 0 Å². The van der Waals surface area contributed by atoms with Crippen molar-refractivity contribution in [3.63, 3.8) is 0 Å². The van der Waals surface area contributed by atoms with E-state index >= 15 is 0 Å². The lowest BCUT2D eigenvalue weighted by Gasteiger charge is -2.19. The quantitative estimate of drug-likeness (QED) is 0.408. The molecule has 4 aromatic rings. The van der Waals surface area contributed by atoms with Crippen molar-refractivity contribution in [3.8, 4) is 0 Å². The molecule has 0 saturated carbocycles. The first-order valence-corrected chi connectivity index (χ1v) is 11.2. The van der Waals surface area contributed by atoms with E-state index in [2.05, 4.69) is 85.4 Å². The summed E-state index contributed by atoms with van der Waals surface area (Å²) in [5.41, 5.74) is 6.78. The van der Waals surface area contributed by atoms with E-state index in [1.165, 1.54) is 16.7 Å². The minimum atomic E-state index is -0.0359. The fraction of sp³-hybridized carbons (Fsp3) is 0.269. The molecule has 0 bridgehead atoms. The van der Waals surface area contributed by atoms with Crippen molar-refractivity contribution in [3.05, 3.63) is 94.0 Å². The van der Waals surface area contributed by atoms with Crippen LogP contribution in [-0.4, -0.2) is 10.5 Å². The van der Waals surface area contributed by atoms with Gasteiger partial charge in [-0.1, -0.05) is 74.9 Å². The molecule has 1 amide bonds. The standard InChI is InChI=1S/C26H28N2OS/c1-18-6-5-7-20(14-18)16-27-25(29)23-15-24-22(12-13-30-24)28(23)17-19-8-10-21(11-9-19)26(2,3)4/h5-15H,16-17H2,1-4H3,(H,27,29). The molecule has 0 fully saturated rings. The summed E-state index contributed by atoms with van der Waals surface area (Å²) in [5.74, 6) is -0.0359. The van der Waals surface area contributed by atoms with E-state index in [1.54, 1.807) is 11.3 Å². The van der Waals surface area contributed by atoms with Crippen molar-refractivity contribution >= 4 is 27.5 Å². The molecule has 0 spiro atoms. The third kappa shape index (κ3) is 4.34. The van der Waals surface area contributed by atoms with Crippen molar-refractivity contribution in [2.24, 2.45) is 0 Å². The van der Waals surface area contributed by atoms with Crippen molar-refractivity contribution in [1.29, 1.82) is 0 Å². The molecule has 0 unspecified atom stereocenters. The summed E-state index contributed by atoms with van der Waals surface area (Å²) >= 11 is 1.67. The largest absolute Gasteiger partial charge is 0.347 e. The Morgan fingerprint density at radius 1 is 1.00 bits per heavy atom. The van der Waals surface area contributed by atoms with Gasteiger partial charge in [-0.3, -0.25) is 4.79 Å². The predicted molar refractivity (Wildman–Crippen MR) is 126 cm³/mol. The van der Waals surface area contributed by atoms with Gasteiger partial charge < -0.3 is 9.88 Å². The van der Waals surface area contributed by atoms with Gasteiger partial charge in [0, 0.05) is 13.1 Å². The summed E-state index contributed by atoms with van der Waals surface area (Å²) in [6, 6.07) is 21.1. The highest BCUT2D eigenvalue weighted by molar-refractivity contribution is 7.17. The fourth-order valence-corrected chi connectivity index (χ4v) is 4.55. The molecule has 3 nitrogen and oxygen atoms in total. The van der Waals surface area contributed by atoms with Gasteiger partial charge in [0.25, 0.3) is 5.91 Å². The normalized spacial score (nSPS) is 11.7. The number of aromatic nitrogens is 1. The molecule has 4 heteroatoms. The number of nitrogens with one attached hydrogen (secondary N) is 1. The van der Waals surface area contributed by atoms with E-state index in [4.69, 9.17) is 0 Å².